The van der Waals surface area contributed by atoms with Gasteiger partial charge in [-0.2, -0.15) is 5.26 Å². The molecule has 0 spiro atoms. The maximum absolute atomic E-state index is 12.2. The van der Waals surface area contributed by atoms with Crippen LogP contribution >= 0.6 is 0 Å². The molecule has 7 nitrogen and oxygen atoms in total. The van der Waals surface area contributed by atoms with Crippen molar-refractivity contribution in [1.29, 1.82) is 5.26 Å². The largest absolute Gasteiger partial charge is 0.497 e. The van der Waals surface area contributed by atoms with Gasteiger partial charge in [0.05, 0.1) is 19.3 Å². The average Bonchev–Trinajstić information content (AvgIpc) is 2.63. The summed E-state index contributed by atoms with van der Waals surface area (Å²) in [4.78, 5) is 25.9. The molecule has 1 heterocycles. The fraction of sp³-hybridized carbons (Fsp3) is 0.421. The van der Waals surface area contributed by atoms with Gasteiger partial charge in [0.25, 0.3) is 5.91 Å². The second-order valence-electron chi connectivity index (χ2n) is 6.08. The van der Waals surface area contributed by atoms with Crippen molar-refractivity contribution in [1.82, 2.24) is 4.90 Å². The van der Waals surface area contributed by atoms with Crippen LogP contribution in [-0.4, -0.2) is 55.8 Å². The third-order valence-corrected chi connectivity index (χ3v) is 3.87. The minimum atomic E-state index is -0.828. The first-order valence-electron chi connectivity index (χ1n) is 8.29. The number of rotatable bonds is 5. The van der Waals surface area contributed by atoms with Gasteiger partial charge in [0, 0.05) is 13.1 Å². The number of esters is 1. The van der Waals surface area contributed by atoms with Gasteiger partial charge >= 0.3 is 5.97 Å². The summed E-state index contributed by atoms with van der Waals surface area (Å²) in [5.74, 6) is -0.462. The highest BCUT2D eigenvalue weighted by molar-refractivity contribution is 5.98. The molecule has 0 N–H and O–H groups in total. The van der Waals surface area contributed by atoms with Gasteiger partial charge in [-0.05, 0) is 37.6 Å². The normalized spacial score (nSPS) is 20.2. The summed E-state index contributed by atoms with van der Waals surface area (Å²) in [6.45, 7) is 4.27. The van der Waals surface area contributed by atoms with Gasteiger partial charge in [0.1, 0.15) is 17.4 Å². The van der Waals surface area contributed by atoms with Gasteiger partial charge in [-0.3, -0.25) is 4.79 Å². The van der Waals surface area contributed by atoms with Gasteiger partial charge in [-0.15, -0.1) is 0 Å². The van der Waals surface area contributed by atoms with Crippen LogP contribution in [0.5, 0.6) is 5.75 Å². The van der Waals surface area contributed by atoms with E-state index < -0.39 is 12.6 Å². The van der Waals surface area contributed by atoms with Gasteiger partial charge < -0.3 is 19.1 Å². The van der Waals surface area contributed by atoms with E-state index in [0.717, 1.165) is 0 Å². The van der Waals surface area contributed by atoms with Crippen molar-refractivity contribution < 1.29 is 23.8 Å². The Bertz CT molecular complexity index is 710. The molecule has 1 aliphatic rings. The Hall–Kier alpha value is -2.85. The van der Waals surface area contributed by atoms with Crippen molar-refractivity contribution in [3.05, 3.63) is 35.4 Å². The predicted octanol–water partition coefficient (Wildman–Crippen LogP) is 1.78. The van der Waals surface area contributed by atoms with Crippen LogP contribution in [0.1, 0.15) is 19.4 Å². The molecule has 1 aromatic rings. The summed E-state index contributed by atoms with van der Waals surface area (Å²) in [5.41, 5.74) is 0.480. The van der Waals surface area contributed by atoms with Crippen molar-refractivity contribution in [2.45, 2.75) is 26.1 Å². The molecule has 1 aliphatic heterocycles. The average molecular weight is 358 g/mol. The van der Waals surface area contributed by atoms with E-state index in [4.69, 9.17) is 14.2 Å². The number of nitriles is 1. The quantitative estimate of drug-likeness (QED) is 0.453. The zero-order valence-electron chi connectivity index (χ0n) is 15.1. The third-order valence-electron chi connectivity index (χ3n) is 3.87. The number of hydrogen-bond acceptors (Lipinski definition) is 6. The third kappa shape index (κ3) is 5.33. The number of benzene rings is 1. The van der Waals surface area contributed by atoms with E-state index in [9.17, 15) is 14.9 Å². The zero-order valence-corrected chi connectivity index (χ0v) is 15.1. The molecule has 0 bridgehead atoms. The van der Waals surface area contributed by atoms with Crippen LogP contribution in [0.2, 0.25) is 0 Å². The lowest BCUT2D eigenvalue weighted by Crippen LogP contribution is -2.49. The summed E-state index contributed by atoms with van der Waals surface area (Å²) < 4.78 is 15.6. The minimum absolute atomic E-state index is 0.0666. The van der Waals surface area contributed by atoms with Crippen LogP contribution in [-0.2, 0) is 19.1 Å². The molecule has 26 heavy (non-hydrogen) atoms. The summed E-state index contributed by atoms with van der Waals surface area (Å²) in [7, 11) is 1.55. The fourth-order valence-corrected chi connectivity index (χ4v) is 2.68. The lowest BCUT2D eigenvalue weighted by Gasteiger charge is -2.35. The number of morpholine rings is 1. The molecule has 7 heteroatoms. The highest BCUT2D eigenvalue weighted by atomic mass is 16.5. The number of nitrogens with zero attached hydrogens (tertiary/aromatic N) is 2. The molecule has 1 amide bonds. The maximum atomic E-state index is 12.2. The first-order chi connectivity index (χ1) is 12.4. The number of carbonyl (C=O) groups excluding carboxylic acids is 2. The molecular formula is C19H22N2O5. The van der Waals surface area contributed by atoms with Crippen LogP contribution in [0.3, 0.4) is 0 Å². The summed E-state index contributed by atoms with van der Waals surface area (Å²) >= 11 is 0. The number of methoxy groups -OCH3 is 1. The molecule has 0 saturated carbocycles. The van der Waals surface area contributed by atoms with Crippen molar-refractivity contribution >= 4 is 18.0 Å². The Morgan fingerprint density at radius 3 is 2.42 bits per heavy atom. The molecule has 0 radical (unpaired) electrons. The number of amides is 1. The highest BCUT2D eigenvalue weighted by Crippen LogP contribution is 2.15. The maximum Gasteiger partial charge on any atom is 0.349 e. The standard InChI is InChI=1S/C19H22N2O5/c1-13-10-21(11-14(2)26-13)18(22)12-25-19(23)16(9-20)8-15-4-6-17(24-3)7-5-15/h4-8,13-14H,10-12H2,1-3H3/b16-8+/t13-,14-/m1/s1. The van der Waals surface area contributed by atoms with Crippen LogP contribution < -0.4 is 4.74 Å². The highest BCUT2D eigenvalue weighted by Gasteiger charge is 2.26. The number of hydrogen-bond donors (Lipinski definition) is 0. The van der Waals surface area contributed by atoms with Gasteiger partial charge in [-0.25, -0.2) is 4.79 Å². The first kappa shape index (κ1) is 19.5. The molecule has 0 unspecified atom stereocenters. The van der Waals surface area contributed by atoms with Gasteiger partial charge in [0.2, 0.25) is 0 Å². The monoisotopic (exact) mass is 358 g/mol. The van der Waals surface area contributed by atoms with E-state index in [1.807, 2.05) is 13.8 Å². The van der Waals surface area contributed by atoms with Crippen LogP contribution in [0.25, 0.3) is 6.08 Å². The molecular weight excluding hydrogens is 336 g/mol. The van der Waals surface area contributed by atoms with Crippen molar-refractivity contribution in [2.75, 3.05) is 26.8 Å². The van der Waals surface area contributed by atoms with Crippen LogP contribution in [0, 0.1) is 11.3 Å². The Labute approximate surface area is 152 Å². The Morgan fingerprint density at radius 1 is 1.27 bits per heavy atom. The molecule has 2 rings (SSSR count). The van der Waals surface area contributed by atoms with E-state index in [1.165, 1.54) is 6.08 Å². The Morgan fingerprint density at radius 2 is 1.88 bits per heavy atom. The SMILES string of the molecule is COc1ccc(/C=C(\C#N)C(=O)OCC(=O)N2C[C@@H](C)O[C@H](C)C2)cc1. The van der Waals surface area contributed by atoms with E-state index in [2.05, 4.69) is 0 Å². The molecule has 1 fully saturated rings. The molecule has 138 valence electrons. The van der Waals surface area contributed by atoms with Gasteiger partial charge in [-0.1, -0.05) is 12.1 Å². The zero-order chi connectivity index (χ0) is 19.1. The smallest absolute Gasteiger partial charge is 0.349 e. The second-order valence-corrected chi connectivity index (χ2v) is 6.08. The van der Waals surface area contributed by atoms with Crippen molar-refractivity contribution in [3.8, 4) is 11.8 Å². The van der Waals surface area contributed by atoms with E-state index in [0.29, 0.717) is 24.4 Å². The molecule has 2 atom stereocenters. The number of carbonyl (C=O) groups is 2. The van der Waals surface area contributed by atoms with E-state index in [1.54, 1.807) is 42.3 Å². The number of ether oxygens (including phenoxy) is 3. The minimum Gasteiger partial charge on any atom is -0.497 e. The van der Waals surface area contributed by atoms with Crippen LogP contribution in [0.15, 0.2) is 29.8 Å². The summed E-state index contributed by atoms with van der Waals surface area (Å²) in [6.07, 6.45) is 1.27. The molecule has 1 saturated heterocycles. The molecule has 1 aromatic carbocycles. The van der Waals surface area contributed by atoms with Crippen molar-refractivity contribution in [2.24, 2.45) is 0 Å². The van der Waals surface area contributed by atoms with E-state index in [-0.39, 0.29) is 23.7 Å². The second kappa shape index (κ2) is 9.02. The topological polar surface area (TPSA) is 88.9 Å². The van der Waals surface area contributed by atoms with Crippen LogP contribution in [0.4, 0.5) is 0 Å². The lowest BCUT2D eigenvalue weighted by molar-refractivity contribution is -0.154. The molecule has 0 aromatic heterocycles. The van der Waals surface area contributed by atoms with Gasteiger partial charge in [0.15, 0.2) is 6.61 Å². The lowest BCUT2D eigenvalue weighted by atomic mass is 10.1. The van der Waals surface area contributed by atoms with Crippen molar-refractivity contribution in [3.63, 3.8) is 0 Å². The first-order valence-corrected chi connectivity index (χ1v) is 8.29. The summed E-state index contributed by atoms with van der Waals surface area (Å²) in [6, 6.07) is 8.67. The molecule has 0 aliphatic carbocycles. The summed E-state index contributed by atoms with van der Waals surface area (Å²) in [5, 5.41) is 9.19. The Kier molecular flexibility index (Phi) is 6.75. The fourth-order valence-electron chi connectivity index (χ4n) is 2.68. The van der Waals surface area contributed by atoms with E-state index >= 15 is 0 Å². The Balaban J connectivity index is 1.95. The predicted molar refractivity (Wildman–Crippen MR) is 94.1 cm³/mol.